The molecule has 0 bridgehead atoms. The molecule has 32 heavy (non-hydrogen) atoms. The van der Waals surface area contributed by atoms with Crippen LogP contribution in [0.15, 0.2) is 78.0 Å². The van der Waals surface area contributed by atoms with Crippen molar-refractivity contribution in [1.29, 1.82) is 0 Å². The Labute approximate surface area is 184 Å². The lowest BCUT2D eigenvalue weighted by atomic mass is 10.2. The monoisotopic (exact) mass is 435 g/mol. The van der Waals surface area contributed by atoms with Gasteiger partial charge in [0, 0.05) is 23.4 Å². The summed E-state index contributed by atoms with van der Waals surface area (Å²) in [5.41, 5.74) is 1.99. The fourth-order valence-corrected chi connectivity index (χ4v) is 2.72. The van der Waals surface area contributed by atoms with E-state index in [-0.39, 0.29) is 24.8 Å². The van der Waals surface area contributed by atoms with E-state index in [2.05, 4.69) is 10.5 Å². The molecule has 164 valence electrons. The van der Waals surface area contributed by atoms with Crippen LogP contribution in [0.4, 0.5) is 11.4 Å². The average molecular weight is 435 g/mol. The van der Waals surface area contributed by atoms with E-state index < -0.39 is 4.92 Å². The van der Waals surface area contributed by atoms with Crippen LogP contribution in [0.2, 0.25) is 0 Å². The van der Waals surface area contributed by atoms with Gasteiger partial charge in [0.2, 0.25) is 0 Å². The molecule has 0 heterocycles. The molecule has 0 spiro atoms. The van der Waals surface area contributed by atoms with E-state index >= 15 is 0 Å². The first-order valence-electron chi connectivity index (χ1n) is 9.59. The zero-order chi connectivity index (χ0) is 22.8. The Bertz CT molecular complexity index is 1100. The number of methoxy groups -OCH3 is 1. The van der Waals surface area contributed by atoms with Crippen LogP contribution in [0.25, 0.3) is 0 Å². The normalized spacial score (nSPS) is 10.5. The maximum atomic E-state index is 12.1. The molecule has 1 N–H and O–H groups in total. The van der Waals surface area contributed by atoms with Gasteiger partial charge in [0.15, 0.2) is 18.1 Å². The molecule has 0 atom stereocenters. The fraction of sp³-hybridized carbons (Fsp3) is 0.130. The number of anilines is 1. The Morgan fingerprint density at radius 1 is 1.06 bits per heavy atom. The van der Waals surface area contributed by atoms with Crippen molar-refractivity contribution >= 4 is 23.5 Å². The summed E-state index contributed by atoms with van der Waals surface area (Å²) >= 11 is 0. The van der Waals surface area contributed by atoms with E-state index in [9.17, 15) is 14.9 Å². The maximum absolute atomic E-state index is 12.1. The third-order valence-electron chi connectivity index (χ3n) is 4.23. The first-order chi connectivity index (χ1) is 15.5. The van der Waals surface area contributed by atoms with Crippen LogP contribution >= 0.6 is 0 Å². The van der Waals surface area contributed by atoms with Crippen LogP contribution in [0.3, 0.4) is 0 Å². The Morgan fingerprint density at radius 3 is 2.62 bits per heavy atom. The SMILES string of the molecule is COc1cc(/C=N\OCc2cccc([N+](=O)[O-])c2)ccc1OCC(=O)Nc1ccccc1. The molecular formula is C23H21N3O6. The van der Waals surface area contributed by atoms with Crippen LogP contribution in [0.5, 0.6) is 11.5 Å². The number of nitro groups is 1. The molecule has 0 aliphatic carbocycles. The van der Waals surface area contributed by atoms with E-state index in [0.717, 1.165) is 0 Å². The number of non-ortho nitro benzene ring substituents is 1. The van der Waals surface area contributed by atoms with E-state index in [1.165, 1.54) is 25.5 Å². The molecule has 0 radical (unpaired) electrons. The number of nitrogens with one attached hydrogen (secondary N) is 1. The number of nitro benzene ring substituents is 1. The summed E-state index contributed by atoms with van der Waals surface area (Å²) < 4.78 is 10.9. The van der Waals surface area contributed by atoms with Crippen LogP contribution in [0, 0.1) is 10.1 Å². The predicted molar refractivity (Wildman–Crippen MR) is 119 cm³/mol. The van der Waals surface area contributed by atoms with Crippen LogP contribution in [0.1, 0.15) is 11.1 Å². The highest BCUT2D eigenvalue weighted by molar-refractivity contribution is 5.91. The number of benzene rings is 3. The van der Waals surface area contributed by atoms with E-state index in [1.807, 2.05) is 18.2 Å². The van der Waals surface area contributed by atoms with Gasteiger partial charge in [0.25, 0.3) is 11.6 Å². The van der Waals surface area contributed by atoms with Gasteiger partial charge in [-0.05, 0) is 35.9 Å². The highest BCUT2D eigenvalue weighted by Gasteiger charge is 2.09. The second-order valence-electron chi connectivity index (χ2n) is 6.55. The number of hydrogen-bond acceptors (Lipinski definition) is 7. The van der Waals surface area contributed by atoms with Gasteiger partial charge in [0.1, 0.15) is 6.61 Å². The molecule has 3 aromatic rings. The number of carbonyl (C=O) groups is 1. The predicted octanol–water partition coefficient (Wildman–Crippen LogP) is 4.17. The molecule has 0 aromatic heterocycles. The van der Waals surface area contributed by atoms with Crippen molar-refractivity contribution < 1.29 is 24.0 Å². The van der Waals surface area contributed by atoms with Gasteiger partial charge in [-0.3, -0.25) is 14.9 Å². The van der Waals surface area contributed by atoms with E-state index in [4.69, 9.17) is 14.3 Å². The average Bonchev–Trinajstić information content (AvgIpc) is 2.81. The smallest absolute Gasteiger partial charge is 0.269 e. The largest absolute Gasteiger partial charge is 0.493 e. The molecule has 1 amide bonds. The quantitative estimate of drug-likeness (QED) is 0.291. The molecule has 3 rings (SSSR count). The molecule has 0 unspecified atom stereocenters. The summed E-state index contributed by atoms with van der Waals surface area (Å²) in [5, 5.41) is 17.4. The summed E-state index contributed by atoms with van der Waals surface area (Å²) in [4.78, 5) is 27.6. The number of ether oxygens (including phenoxy) is 2. The first kappa shape index (κ1) is 22.3. The number of amides is 1. The topological polar surface area (TPSA) is 112 Å². The van der Waals surface area contributed by atoms with Crippen molar-refractivity contribution in [2.75, 3.05) is 19.0 Å². The Hall–Kier alpha value is -4.40. The van der Waals surface area contributed by atoms with Crippen LogP contribution in [-0.2, 0) is 16.2 Å². The zero-order valence-corrected chi connectivity index (χ0v) is 17.3. The Balaban J connectivity index is 1.53. The molecule has 0 saturated carbocycles. The minimum absolute atomic E-state index is 0.00662. The lowest BCUT2D eigenvalue weighted by Crippen LogP contribution is -2.20. The number of para-hydroxylation sites is 1. The van der Waals surface area contributed by atoms with Gasteiger partial charge in [0.05, 0.1) is 18.2 Å². The van der Waals surface area contributed by atoms with Gasteiger partial charge in [-0.25, -0.2) is 0 Å². The molecule has 3 aromatic carbocycles. The van der Waals surface area contributed by atoms with Gasteiger partial charge in [-0.1, -0.05) is 35.5 Å². The maximum Gasteiger partial charge on any atom is 0.269 e. The first-order valence-corrected chi connectivity index (χ1v) is 9.59. The number of oxime groups is 1. The Kier molecular flexibility index (Phi) is 7.74. The fourth-order valence-electron chi connectivity index (χ4n) is 2.72. The van der Waals surface area contributed by atoms with Crippen molar-refractivity contribution in [3.63, 3.8) is 0 Å². The number of carbonyl (C=O) groups excluding carboxylic acids is 1. The zero-order valence-electron chi connectivity index (χ0n) is 17.3. The standard InChI is InChI=1S/C23H21N3O6/c1-30-22-13-17(14-24-32-15-18-6-5-9-20(12-18)26(28)29)10-11-21(22)31-16-23(27)25-19-7-3-2-4-8-19/h2-14H,15-16H2,1H3,(H,25,27)/b24-14-. The van der Waals surface area contributed by atoms with Crippen LogP contribution < -0.4 is 14.8 Å². The molecule has 9 heteroatoms. The molecule has 0 aliphatic rings. The summed E-state index contributed by atoms with van der Waals surface area (Å²) in [6, 6.07) is 20.3. The third kappa shape index (κ3) is 6.56. The Morgan fingerprint density at radius 2 is 1.88 bits per heavy atom. The molecule has 9 nitrogen and oxygen atoms in total. The van der Waals surface area contributed by atoms with Crippen molar-refractivity contribution in [2.45, 2.75) is 6.61 Å². The van der Waals surface area contributed by atoms with E-state index in [1.54, 1.807) is 42.5 Å². The van der Waals surface area contributed by atoms with Crippen molar-refractivity contribution in [1.82, 2.24) is 0 Å². The number of hydrogen-bond donors (Lipinski definition) is 1. The number of nitrogens with zero attached hydrogens (tertiary/aromatic N) is 2. The summed E-state index contributed by atoms with van der Waals surface area (Å²) in [6.07, 6.45) is 1.48. The summed E-state index contributed by atoms with van der Waals surface area (Å²) in [7, 11) is 1.49. The number of rotatable bonds is 10. The lowest BCUT2D eigenvalue weighted by Gasteiger charge is -2.11. The van der Waals surface area contributed by atoms with Gasteiger partial charge in [-0.2, -0.15) is 0 Å². The van der Waals surface area contributed by atoms with Crippen molar-refractivity contribution in [3.05, 3.63) is 94.0 Å². The molecule has 0 saturated heterocycles. The second kappa shape index (κ2) is 11.1. The second-order valence-corrected chi connectivity index (χ2v) is 6.55. The van der Waals surface area contributed by atoms with E-state index in [0.29, 0.717) is 28.3 Å². The summed E-state index contributed by atoms with van der Waals surface area (Å²) in [6.45, 7) is -0.0853. The van der Waals surface area contributed by atoms with Crippen molar-refractivity contribution in [2.24, 2.45) is 5.16 Å². The minimum atomic E-state index is -0.464. The van der Waals surface area contributed by atoms with Gasteiger partial charge >= 0.3 is 0 Å². The highest BCUT2D eigenvalue weighted by Crippen LogP contribution is 2.27. The van der Waals surface area contributed by atoms with Crippen molar-refractivity contribution in [3.8, 4) is 11.5 Å². The molecule has 0 fully saturated rings. The minimum Gasteiger partial charge on any atom is -0.493 e. The molecule has 0 aliphatic heterocycles. The van der Waals surface area contributed by atoms with Gasteiger partial charge < -0.3 is 19.6 Å². The van der Waals surface area contributed by atoms with Crippen LogP contribution in [-0.4, -0.2) is 30.8 Å². The lowest BCUT2D eigenvalue weighted by molar-refractivity contribution is -0.384. The third-order valence-corrected chi connectivity index (χ3v) is 4.23. The van der Waals surface area contributed by atoms with Gasteiger partial charge in [-0.15, -0.1) is 0 Å². The molecular weight excluding hydrogens is 414 g/mol. The highest BCUT2D eigenvalue weighted by atomic mass is 16.6. The summed E-state index contributed by atoms with van der Waals surface area (Å²) in [5.74, 6) is 0.545.